The molecular weight excluding hydrogens is 426 g/mol. The Morgan fingerprint density at radius 1 is 1.31 bits per heavy atom. The summed E-state index contributed by atoms with van der Waals surface area (Å²) in [6.07, 6.45) is 6.86. The minimum atomic E-state index is -0.197. The lowest BCUT2D eigenvalue weighted by atomic mass is 10.1. The van der Waals surface area contributed by atoms with Crippen molar-refractivity contribution in [3.8, 4) is 5.82 Å². The smallest absolute Gasteiger partial charge is 0.258 e. The van der Waals surface area contributed by atoms with Gasteiger partial charge < -0.3 is 15.2 Å². The zero-order valence-electron chi connectivity index (χ0n) is 17.8. The van der Waals surface area contributed by atoms with Crippen molar-refractivity contribution in [1.29, 1.82) is 0 Å². The molecule has 0 amide bonds. The summed E-state index contributed by atoms with van der Waals surface area (Å²) in [5.41, 5.74) is 2.19. The monoisotopic (exact) mass is 449 g/mol. The molecule has 32 heavy (non-hydrogen) atoms. The van der Waals surface area contributed by atoms with Crippen LogP contribution in [0.15, 0.2) is 53.7 Å². The van der Waals surface area contributed by atoms with Crippen molar-refractivity contribution in [2.45, 2.75) is 25.8 Å². The summed E-state index contributed by atoms with van der Waals surface area (Å²) in [4.78, 5) is 27.1. The molecule has 0 saturated carbocycles. The van der Waals surface area contributed by atoms with Crippen molar-refractivity contribution in [1.82, 2.24) is 29.6 Å². The number of halogens is 1. The van der Waals surface area contributed by atoms with E-state index in [9.17, 15) is 4.79 Å². The lowest BCUT2D eigenvalue weighted by Crippen LogP contribution is -2.26. The molecule has 1 fully saturated rings. The Labute approximate surface area is 190 Å². The summed E-state index contributed by atoms with van der Waals surface area (Å²) in [6.45, 7) is 5.28. The average molecular weight is 450 g/mol. The fourth-order valence-corrected chi connectivity index (χ4v) is 4.33. The molecule has 1 aliphatic rings. The number of H-pyrrole nitrogens is 1. The van der Waals surface area contributed by atoms with Crippen LogP contribution in [0.25, 0.3) is 16.7 Å². The standard InChI is InChI=1S/C23H24ClN7O/c1-2-30-9-6-16(14-30)27-20-12-19-17(11-18(20)24)23(32)29-21(28-19)10-15-4-5-22(25-13-15)31-8-3-7-26-31/h3-5,7-8,11-13,16,27H,2,6,9-10,14H2,1H3,(H,28,29,32)/t16-/m1/s1. The molecule has 1 aromatic carbocycles. The molecule has 164 valence electrons. The highest BCUT2D eigenvalue weighted by molar-refractivity contribution is 6.34. The van der Waals surface area contributed by atoms with E-state index >= 15 is 0 Å². The highest BCUT2D eigenvalue weighted by Gasteiger charge is 2.22. The third-order valence-electron chi connectivity index (χ3n) is 5.84. The summed E-state index contributed by atoms with van der Waals surface area (Å²) in [5, 5.41) is 8.73. The molecule has 2 N–H and O–H groups in total. The predicted molar refractivity (Wildman–Crippen MR) is 126 cm³/mol. The van der Waals surface area contributed by atoms with Crippen molar-refractivity contribution in [3.05, 3.63) is 75.7 Å². The van der Waals surface area contributed by atoms with Crippen LogP contribution < -0.4 is 10.9 Å². The Kier molecular flexibility index (Phi) is 5.63. The summed E-state index contributed by atoms with van der Waals surface area (Å²) in [7, 11) is 0. The minimum absolute atomic E-state index is 0.197. The van der Waals surface area contributed by atoms with E-state index in [0.29, 0.717) is 34.2 Å². The number of nitrogens with zero attached hydrogens (tertiary/aromatic N) is 5. The van der Waals surface area contributed by atoms with E-state index in [1.165, 1.54) is 0 Å². The molecule has 0 bridgehead atoms. The van der Waals surface area contributed by atoms with Gasteiger partial charge >= 0.3 is 0 Å². The van der Waals surface area contributed by atoms with Crippen LogP contribution in [0.2, 0.25) is 5.02 Å². The van der Waals surface area contributed by atoms with E-state index in [4.69, 9.17) is 16.6 Å². The van der Waals surface area contributed by atoms with Crippen molar-refractivity contribution in [3.63, 3.8) is 0 Å². The maximum atomic E-state index is 12.7. The van der Waals surface area contributed by atoms with Gasteiger partial charge in [0, 0.05) is 44.1 Å². The second kappa shape index (κ2) is 8.72. The minimum Gasteiger partial charge on any atom is -0.380 e. The predicted octanol–water partition coefficient (Wildman–Crippen LogP) is 3.25. The van der Waals surface area contributed by atoms with E-state index in [0.717, 1.165) is 43.1 Å². The fraction of sp³-hybridized carbons (Fsp3) is 0.304. The van der Waals surface area contributed by atoms with Crippen LogP contribution in [-0.4, -0.2) is 55.3 Å². The number of hydrogen-bond acceptors (Lipinski definition) is 6. The molecule has 1 saturated heterocycles. The fourth-order valence-electron chi connectivity index (χ4n) is 4.11. The summed E-state index contributed by atoms with van der Waals surface area (Å²) in [6, 6.07) is 9.62. The number of aromatic nitrogens is 5. The normalized spacial score (nSPS) is 16.6. The number of anilines is 1. The van der Waals surface area contributed by atoms with Crippen LogP contribution in [-0.2, 0) is 6.42 Å². The Morgan fingerprint density at radius 3 is 2.94 bits per heavy atom. The van der Waals surface area contributed by atoms with Crippen molar-refractivity contribution < 1.29 is 0 Å². The Morgan fingerprint density at radius 2 is 2.22 bits per heavy atom. The van der Waals surface area contributed by atoms with E-state index in [1.807, 2.05) is 30.5 Å². The number of benzene rings is 1. The van der Waals surface area contributed by atoms with E-state index in [2.05, 4.69) is 32.2 Å². The van der Waals surface area contributed by atoms with Gasteiger partial charge in [0.15, 0.2) is 5.82 Å². The number of likely N-dealkylation sites (tertiary alicyclic amines) is 1. The lowest BCUT2D eigenvalue weighted by molar-refractivity contribution is 0.356. The molecule has 0 radical (unpaired) electrons. The lowest BCUT2D eigenvalue weighted by Gasteiger charge is -2.17. The van der Waals surface area contributed by atoms with Gasteiger partial charge in [-0.1, -0.05) is 24.6 Å². The van der Waals surface area contributed by atoms with Crippen LogP contribution in [0.1, 0.15) is 24.7 Å². The first kappa shape index (κ1) is 20.7. The van der Waals surface area contributed by atoms with E-state index in [-0.39, 0.29) is 5.56 Å². The molecule has 4 heterocycles. The van der Waals surface area contributed by atoms with Crippen molar-refractivity contribution in [2.75, 3.05) is 25.0 Å². The number of hydrogen-bond donors (Lipinski definition) is 2. The van der Waals surface area contributed by atoms with Gasteiger partial charge in [0.05, 0.1) is 21.6 Å². The second-order valence-electron chi connectivity index (χ2n) is 8.04. The van der Waals surface area contributed by atoms with E-state index in [1.54, 1.807) is 23.1 Å². The molecule has 0 spiro atoms. The topological polar surface area (TPSA) is 91.7 Å². The molecule has 8 nitrogen and oxygen atoms in total. The van der Waals surface area contributed by atoms with Crippen molar-refractivity contribution >= 4 is 28.2 Å². The Bertz CT molecular complexity index is 1280. The third kappa shape index (κ3) is 4.24. The van der Waals surface area contributed by atoms with Gasteiger partial charge in [-0.3, -0.25) is 4.79 Å². The molecule has 4 aromatic rings. The first-order valence-corrected chi connectivity index (χ1v) is 11.1. The summed E-state index contributed by atoms with van der Waals surface area (Å²) in [5.74, 6) is 1.32. The van der Waals surface area contributed by atoms with Gasteiger partial charge in [-0.05, 0) is 42.8 Å². The Hall–Kier alpha value is -3.23. The van der Waals surface area contributed by atoms with E-state index < -0.39 is 0 Å². The Balaban J connectivity index is 1.39. The van der Waals surface area contributed by atoms with Gasteiger partial charge in [0.25, 0.3) is 5.56 Å². The van der Waals surface area contributed by atoms with Gasteiger partial charge in [0.2, 0.25) is 0 Å². The first-order chi connectivity index (χ1) is 15.6. The van der Waals surface area contributed by atoms with Crippen LogP contribution in [0.3, 0.4) is 0 Å². The highest BCUT2D eigenvalue weighted by atomic mass is 35.5. The molecule has 1 aliphatic heterocycles. The number of fused-ring (bicyclic) bond motifs is 1. The highest BCUT2D eigenvalue weighted by Crippen LogP contribution is 2.28. The quantitative estimate of drug-likeness (QED) is 0.469. The van der Waals surface area contributed by atoms with Gasteiger partial charge in [-0.25, -0.2) is 14.6 Å². The number of likely N-dealkylation sites (N-methyl/N-ethyl adjacent to an activating group) is 1. The van der Waals surface area contributed by atoms with Crippen molar-refractivity contribution in [2.24, 2.45) is 0 Å². The largest absolute Gasteiger partial charge is 0.380 e. The third-order valence-corrected chi connectivity index (χ3v) is 6.15. The first-order valence-electron chi connectivity index (χ1n) is 10.8. The average Bonchev–Trinajstić information content (AvgIpc) is 3.48. The summed E-state index contributed by atoms with van der Waals surface area (Å²) < 4.78 is 1.70. The van der Waals surface area contributed by atoms with Gasteiger partial charge in [0.1, 0.15) is 5.82 Å². The molecule has 5 rings (SSSR count). The SMILES string of the molecule is CCN1CC[C@@H](Nc2cc3nc(Cc4ccc(-n5cccn5)nc4)[nH]c(=O)c3cc2Cl)C1. The molecular formula is C23H24ClN7O. The molecule has 1 atom stereocenters. The van der Waals surface area contributed by atoms with Gasteiger partial charge in [-0.2, -0.15) is 5.10 Å². The number of nitrogens with one attached hydrogen (secondary N) is 2. The van der Waals surface area contributed by atoms with Crippen LogP contribution >= 0.6 is 11.6 Å². The summed E-state index contributed by atoms with van der Waals surface area (Å²) >= 11 is 6.48. The number of aromatic amines is 1. The molecule has 3 aromatic heterocycles. The van der Waals surface area contributed by atoms with Crippen LogP contribution in [0.4, 0.5) is 5.69 Å². The number of rotatable bonds is 6. The maximum absolute atomic E-state index is 12.7. The molecule has 9 heteroatoms. The maximum Gasteiger partial charge on any atom is 0.258 e. The van der Waals surface area contributed by atoms with Gasteiger partial charge in [-0.15, -0.1) is 0 Å². The zero-order valence-corrected chi connectivity index (χ0v) is 18.5. The number of pyridine rings is 1. The molecule has 0 unspecified atom stereocenters. The van der Waals surface area contributed by atoms with Crippen LogP contribution in [0, 0.1) is 0 Å². The second-order valence-corrected chi connectivity index (χ2v) is 8.44. The van der Waals surface area contributed by atoms with Crippen LogP contribution in [0.5, 0.6) is 0 Å². The zero-order chi connectivity index (χ0) is 22.1. The molecule has 0 aliphatic carbocycles.